The van der Waals surface area contributed by atoms with Crippen molar-refractivity contribution in [1.29, 1.82) is 0 Å². The first-order valence-corrected chi connectivity index (χ1v) is 7.08. The van der Waals surface area contributed by atoms with Gasteiger partial charge >= 0.3 is 0 Å². The molecule has 0 saturated heterocycles. The first-order chi connectivity index (χ1) is 7.96. The third-order valence-electron chi connectivity index (χ3n) is 3.83. The average molecular weight is 242 g/mol. The van der Waals surface area contributed by atoms with Crippen LogP contribution < -0.4 is 5.32 Å². The lowest BCUT2D eigenvalue weighted by atomic mass is 9.84. The van der Waals surface area contributed by atoms with Gasteiger partial charge in [0.05, 0.1) is 5.60 Å². The molecule has 3 heteroatoms. The fourth-order valence-corrected chi connectivity index (χ4v) is 2.99. The van der Waals surface area contributed by atoms with Gasteiger partial charge in [0.2, 0.25) is 0 Å². The Kier molecular flexibility index (Phi) is 5.90. The third-order valence-corrected chi connectivity index (χ3v) is 3.83. The Hall–Kier alpha value is -0.120. The normalized spacial score (nSPS) is 26.5. The van der Waals surface area contributed by atoms with Crippen LogP contribution in [0.5, 0.6) is 0 Å². The van der Waals surface area contributed by atoms with E-state index in [9.17, 15) is 5.11 Å². The van der Waals surface area contributed by atoms with E-state index in [-0.39, 0.29) is 0 Å². The molecule has 17 heavy (non-hydrogen) atoms. The molecule has 0 heterocycles. The van der Waals surface area contributed by atoms with Crippen LogP contribution in [-0.4, -0.2) is 48.3 Å². The number of hydrogen-bond donors (Lipinski definition) is 2. The number of nitrogens with one attached hydrogen (secondary N) is 1. The van der Waals surface area contributed by atoms with Crippen molar-refractivity contribution in [2.75, 3.05) is 26.7 Å². The fourth-order valence-electron chi connectivity index (χ4n) is 2.99. The van der Waals surface area contributed by atoms with Crippen molar-refractivity contribution in [3.63, 3.8) is 0 Å². The summed E-state index contributed by atoms with van der Waals surface area (Å²) in [6.07, 6.45) is 5.36. The van der Waals surface area contributed by atoms with Crippen LogP contribution in [0.2, 0.25) is 0 Å². The summed E-state index contributed by atoms with van der Waals surface area (Å²) in [6, 6.07) is 0.666. The highest BCUT2D eigenvalue weighted by Gasteiger charge is 2.27. The molecule has 1 saturated carbocycles. The Labute approximate surface area is 107 Å². The molecule has 0 radical (unpaired) electrons. The van der Waals surface area contributed by atoms with Gasteiger partial charge in [-0.25, -0.2) is 0 Å². The molecule has 0 aromatic carbocycles. The van der Waals surface area contributed by atoms with E-state index in [4.69, 9.17) is 0 Å². The first kappa shape index (κ1) is 14.9. The Bertz CT molecular complexity index is 213. The molecular formula is C14H30N2O. The summed E-state index contributed by atoms with van der Waals surface area (Å²) in [4.78, 5) is 2.39. The zero-order valence-electron chi connectivity index (χ0n) is 12.0. The second-order valence-electron chi connectivity index (χ2n) is 6.08. The van der Waals surface area contributed by atoms with E-state index in [0.29, 0.717) is 6.04 Å². The van der Waals surface area contributed by atoms with Crippen molar-refractivity contribution in [2.45, 2.75) is 58.1 Å². The van der Waals surface area contributed by atoms with Crippen molar-refractivity contribution in [3.8, 4) is 0 Å². The minimum atomic E-state index is -0.584. The van der Waals surface area contributed by atoms with Gasteiger partial charge in [0.25, 0.3) is 0 Å². The third kappa shape index (κ3) is 5.36. The molecule has 1 aliphatic rings. The number of rotatable bonds is 6. The lowest BCUT2D eigenvalue weighted by Crippen LogP contribution is -2.46. The van der Waals surface area contributed by atoms with E-state index in [1.165, 1.54) is 25.7 Å². The Balaban J connectivity index is 2.48. The topological polar surface area (TPSA) is 35.5 Å². The van der Waals surface area contributed by atoms with Crippen LogP contribution in [0.4, 0.5) is 0 Å². The van der Waals surface area contributed by atoms with Crippen LogP contribution >= 0.6 is 0 Å². The minimum Gasteiger partial charge on any atom is -0.389 e. The Morgan fingerprint density at radius 2 is 1.94 bits per heavy atom. The molecule has 0 aromatic heterocycles. The number of hydrogen-bond acceptors (Lipinski definition) is 3. The van der Waals surface area contributed by atoms with E-state index >= 15 is 0 Å². The molecule has 102 valence electrons. The molecule has 1 fully saturated rings. The summed E-state index contributed by atoms with van der Waals surface area (Å²) in [7, 11) is 2.08. The van der Waals surface area contributed by atoms with Crippen molar-refractivity contribution < 1.29 is 5.11 Å². The predicted molar refractivity (Wildman–Crippen MR) is 73.2 cm³/mol. The first-order valence-electron chi connectivity index (χ1n) is 7.08. The Morgan fingerprint density at radius 3 is 2.47 bits per heavy atom. The van der Waals surface area contributed by atoms with Gasteiger partial charge in [-0.05, 0) is 46.2 Å². The summed E-state index contributed by atoms with van der Waals surface area (Å²) in [5.41, 5.74) is -0.584. The second-order valence-corrected chi connectivity index (χ2v) is 6.08. The van der Waals surface area contributed by atoms with Gasteiger partial charge in [-0.3, -0.25) is 0 Å². The number of likely N-dealkylation sites (N-methyl/N-ethyl adjacent to an activating group) is 1. The lowest BCUT2D eigenvalue weighted by molar-refractivity contribution is 0.0284. The van der Waals surface area contributed by atoms with Gasteiger partial charge in [-0.1, -0.05) is 19.8 Å². The minimum absolute atomic E-state index is 0.584. The zero-order chi connectivity index (χ0) is 12.9. The molecule has 1 rings (SSSR count). The lowest BCUT2D eigenvalue weighted by Gasteiger charge is -2.37. The van der Waals surface area contributed by atoms with Gasteiger partial charge in [0, 0.05) is 19.1 Å². The maximum absolute atomic E-state index is 9.91. The fraction of sp³-hybridized carbons (Fsp3) is 1.00. The average Bonchev–Trinajstić information content (AvgIpc) is 2.27. The summed E-state index contributed by atoms with van der Waals surface area (Å²) in [5.74, 6) is 0.746. The second kappa shape index (κ2) is 6.72. The van der Waals surface area contributed by atoms with Gasteiger partial charge in [-0.2, -0.15) is 0 Å². The smallest absolute Gasteiger partial charge is 0.0718 e. The van der Waals surface area contributed by atoms with E-state index < -0.39 is 5.60 Å². The summed E-state index contributed by atoms with van der Waals surface area (Å²) in [6.45, 7) is 8.89. The SMILES string of the molecule is CCN(CC1CCCCC1NC)CC(C)(C)O. The highest BCUT2D eigenvalue weighted by atomic mass is 16.3. The molecule has 0 amide bonds. The van der Waals surface area contributed by atoms with Crippen LogP contribution in [0.3, 0.4) is 0 Å². The molecule has 2 unspecified atom stereocenters. The summed E-state index contributed by atoms with van der Waals surface area (Å²) < 4.78 is 0. The molecule has 3 nitrogen and oxygen atoms in total. The molecule has 0 bridgehead atoms. The van der Waals surface area contributed by atoms with Crippen molar-refractivity contribution in [2.24, 2.45) is 5.92 Å². The molecule has 2 N–H and O–H groups in total. The van der Waals surface area contributed by atoms with E-state index in [1.807, 2.05) is 13.8 Å². The van der Waals surface area contributed by atoms with E-state index in [1.54, 1.807) is 0 Å². The van der Waals surface area contributed by atoms with Crippen molar-refractivity contribution in [1.82, 2.24) is 10.2 Å². The molecule has 0 aliphatic heterocycles. The molecule has 0 aromatic rings. The van der Waals surface area contributed by atoms with Gasteiger partial charge in [0.1, 0.15) is 0 Å². The standard InChI is InChI=1S/C14H30N2O/c1-5-16(11-14(2,3)17)10-12-8-6-7-9-13(12)15-4/h12-13,15,17H,5-11H2,1-4H3. The maximum atomic E-state index is 9.91. The summed E-state index contributed by atoms with van der Waals surface area (Å²) in [5, 5.41) is 13.4. The van der Waals surface area contributed by atoms with Crippen LogP contribution in [-0.2, 0) is 0 Å². The van der Waals surface area contributed by atoms with Crippen molar-refractivity contribution >= 4 is 0 Å². The quantitative estimate of drug-likeness (QED) is 0.746. The monoisotopic (exact) mass is 242 g/mol. The Morgan fingerprint density at radius 1 is 1.29 bits per heavy atom. The highest BCUT2D eigenvalue weighted by Crippen LogP contribution is 2.25. The van der Waals surface area contributed by atoms with Gasteiger partial charge in [0.15, 0.2) is 0 Å². The van der Waals surface area contributed by atoms with E-state index in [2.05, 4.69) is 24.2 Å². The molecular weight excluding hydrogens is 212 g/mol. The van der Waals surface area contributed by atoms with Crippen molar-refractivity contribution in [3.05, 3.63) is 0 Å². The van der Waals surface area contributed by atoms with Gasteiger partial charge < -0.3 is 15.3 Å². The van der Waals surface area contributed by atoms with Crippen LogP contribution in [0.25, 0.3) is 0 Å². The van der Waals surface area contributed by atoms with Crippen LogP contribution in [0, 0.1) is 5.92 Å². The molecule has 0 spiro atoms. The number of aliphatic hydroxyl groups is 1. The zero-order valence-corrected chi connectivity index (χ0v) is 12.0. The highest BCUT2D eigenvalue weighted by molar-refractivity contribution is 4.83. The van der Waals surface area contributed by atoms with E-state index in [0.717, 1.165) is 25.6 Å². The van der Waals surface area contributed by atoms with Crippen LogP contribution in [0.1, 0.15) is 46.5 Å². The molecule has 2 atom stereocenters. The van der Waals surface area contributed by atoms with Gasteiger partial charge in [-0.15, -0.1) is 0 Å². The molecule has 1 aliphatic carbocycles. The number of nitrogens with zero attached hydrogens (tertiary/aromatic N) is 1. The summed E-state index contributed by atoms with van der Waals surface area (Å²) >= 11 is 0. The maximum Gasteiger partial charge on any atom is 0.0718 e. The van der Waals surface area contributed by atoms with Crippen LogP contribution in [0.15, 0.2) is 0 Å². The predicted octanol–water partition coefficient (Wildman–Crippen LogP) is 1.86. The largest absolute Gasteiger partial charge is 0.389 e.